The van der Waals surface area contributed by atoms with Crippen LogP contribution in [0.2, 0.25) is 0 Å². The molecule has 4 aromatic rings. The fraction of sp³-hybridized carbons (Fsp3) is 0.208. The van der Waals surface area contributed by atoms with Crippen LogP contribution in [0.15, 0.2) is 76.0 Å². The summed E-state index contributed by atoms with van der Waals surface area (Å²) in [4.78, 5) is 31.3. The minimum Gasteiger partial charge on any atom is -0.396 e. The predicted octanol–water partition coefficient (Wildman–Crippen LogP) is 3.98. The van der Waals surface area contributed by atoms with Crippen LogP contribution in [-0.4, -0.2) is 32.9 Å². The number of carbonyl (C=O) groups is 1. The molecule has 2 aromatic heterocycles. The van der Waals surface area contributed by atoms with Crippen molar-refractivity contribution in [2.45, 2.75) is 24.2 Å². The Balaban J connectivity index is 1.55. The molecular weight excluding hydrogens is 461 g/mol. The highest BCUT2D eigenvalue weighted by atomic mass is 32.2. The van der Waals surface area contributed by atoms with Gasteiger partial charge in [0, 0.05) is 18.0 Å². The first-order chi connectivity index (χ1) is 16.1. The quantitative estimate of drug-likeness (QED) is 0.278. The third-order valence-corrected chi connectivity index (χ3v) is 6.95. The summed E-state index contributed by atoms with van der Waals surface area (Å²) in [6, 6.07) is 16.5. The number of aromatic nitrogens is 2. The van der Waals surface area contributed by atoms with Crippen LogP contribution in [-0.2, 0) is 11.3 Å². The van der Waals surface area contributed by atoms with Gasteiger partial charge in [-0.3, -0.25) is 14.2 Å². The minimum atomic E-state index is -0.403. The van der Waals surface area contributed by atoms with Crippen LogP contribution in [0.3, 0.4) is 0 Å². The Bertz CT molecular complexity index is 1290. The number of fused-ring (bicyclic) bond motifs is 1. The Labute approximate surface area is 198 Å². The molecule has 0 spiro atoms. The number of benzene rings is 2. The van der Waals surface area contributed by atoms with Crippen LogP contribution in [0.4, 0.5) is 4.39 Å². The first-order valence-corrected chi connectivity index (χ1v) is 12.2. The minimum absolute atomic E-state index is 0.0486. The van der Waals surface area contributed by atoms with Gasteiger partial charge in [0.05, 0.1) is 22.7 Å². The van der Waals surface area contributed by atoms with Crippen LogP contribution < -0.4 is 10.9 Å². The maximum Gasteiger partial charge on any atom is 0.262 e. The van der Waals surface area contributed by atoms with Crippen molar-refractivity contribution in [3.8, 4) is 0 Å². The van der Waals surface area contributed by atoms with Crippen LogP contribution >= 0.6 is 23.1 Å². The van der Waals surface area contributed by atoms with E-state index in [1.165, 1.54) is 39.8 Å². The molecule has 0 saturated carbocycles. The van der Waals surface area contributed by atoms with Gasteiger partial charge in [-0.2, -0.15) is 0 Å². The monoisotopic (exact) mass is 483 g/mol. The Hall–Kier alpha value is -3.01. The lowest BCUT2D eigenvalue weighted by atomic mass is 10.1. The van der Waals surface area contributed by atoms with E-state index in [1.54, 1.807) is 30.3 Å². The van der Waals surface area contributed by atoms with Crippen molar-refractivity contribution in [1.29, 1.82) is 0 Å². The summed E-state index contributed by atoms with van der Waals surface area (Å²) >= 11 is 2.68. The molecular formula is C24H22FN3O3S2. The summed E-state index contributed by atoms with van der Waals surface area (Å²) in [5.41, 5.74) is 1.15. The van der Waals surface area contributed by atoms with Gasteiger partial charge in [0.15, 0.2) is 5.16 Å². The Morgan fingerprint density at radius 1 is 1.15 bits per heavy atom. The van der Waals surface area contributed by atoms with Crippen LogP contribution in [0, 0.1) is 5.82 Å². The first kappa shape index (κ1) is 23.2. The molecule has 9 heteroatoms. The first-order valence-electron chi connectivity index (χ1n) is 10.4. The number of rotatable bonds is 9. The molecule has 0 aliphatic rings. The summed E-state index contributed by atoms with van der Waals surface area (Å²) in [5.74, 6) is -0.528. The van der Waals surface area contributed by atoms with Gasteiger partial charge in [-0.1, -0.05) is 42.1 Å². The smallest absolute Gasteiger partial charge is 0.262 e. The van der Waals surface area contributed by atoms with E-state index in [4.69, 9.17) is 0 Å². The maximum absolute atomic E-state index is 13.4. The third-order valence-electron chi connectivity index (χ3n) is 5.04. The molecule has 33 heavy (non-hydrogen) atoms. The fourth-order valence-corrected chi connectivity index (χ4v) is 5.09. The van der Waals surface area contributed by atoms with Crippen molar-refractivity contribution < 1.29 is 14.3 Å². The molecule has 1 atom stereocenters. The maximum atomic E-state index is 13.4. The second kappa shape index (κ2) is 10.7. The topological polar surface area (TPSA) is 84.2 Å². The number of thioether (sulfide) groups is 1. The number of aliphatic hydroxyl groups is 1. The Morgan fingerprint density at radius 3 is 2.67 bits per heavy atom. The highest BCUT2D eigenvalue weighted by Crippen LogP contribution is 2.27. The molecule has 4 rings (SSSR count). The summed E-state index contributed by atoms with van der Waals surface area (Å²) in [7, 11) is 0. The molecule has 2 heterocycles. The number of amides is 1. The van der Waals surface area contributed by atoms with Crippen molar-refractivity contribution in [2.75, 3.05) is 12.4 Å². The lowest BCUT2D eigenvalue weighted by Gasteiger charge is -2.18. The van der Waals surface area contributed by atoms with Gasteiger partial charge in [0.1, 0.15) is 5.82 Å². The predicted molar refractivity (Wildman–Crippen MR) is 129 cm³/mol. The van der Waals surface area contributed by atoms with Gasteiger partial charge in [0.25, 0.3) is 5.56 Å². The number of nitrogens with one attached hydrogen (secondary N) is 1. The van der Waals surface area contributed by atoms with E-state index in [0.29, 0.717) is 29.0 Å². The fourth-order valence-electron chi connectivity index (χ4n) is 3.45. The lowest BCUT2D eigenvalue weighted by Crippen LogP contribution is -2.31. The summed E-state index contributed by atoms with van der Waals surface area (Å²) in [5, 5.41) is 15.1. The van der Waals surface area contributed by atoms with Gasteiger partial charge in [-0.05, 0) is 47.7 Å². The lowest BCUT2D eigenvalue weighted by molar-refractivity contribution is -0.119. The van der Waals surface area contributed by atoms with E-state index in [0.717, 1.165) is 10.4 Å². The number of thiophene rings is 1. The van der Waals surface area contributed by atoms with Crippen molar-refractivity contribution in [3.05, 3.63) is 92.7 Å². The molecule has 2 N–H and O–H groups in total. The number of hydrogen-bond acceptors (Lipinski definition) is 6. The highest BCUT2D eigenvalue weighted by molar-refractivity contribution is 7.99. The van der Waals surface area contributed by atoms with E-state index in [9.17, 15) is 19.1 Å². The SMILES string of the molecule is O=C(CSc1nc2ccccc2c(=O)n1CCCO)NC(c1ccc(F)cc1)c1cccs1. The molecule has 0 saturated heterocycles. The zero-order valence-electron chi connectivity index (χ0n) is 17.6. The standard InChI is InChI=1S/C24H22FN3O3S2/c25-17-10-8-16(9-11-17)22(20-7-3-14-32-20)27-21(30)15-33-24-26-19-6-2-1-5-18(19)23(31)28(24)12-4-13-29/h1-3,5-11,14,22,29H,4,12-13,15H2,(H,27,30). The molecule has 0 radical (unpaired) electrons. The van der Waals surface area contributed by atoms with Gasteiger partial charge >= 0.3 is 0 Å². The molecule has 6 nitrogen and oxygen atoms in total. The van der Waals surface area contributed by atoms with Crippen molar-refractivity contribution in [3.63, 3.8) is 0 Å². The van der Waals surface area contributed by atoms with Gasteiger partial charge in [-0.15, -0.1) is 11.3 Å². The zero-order chi connectivity index (χ0) is 23.2. The normalized spacial score (nSPS) is 12.1. The second-order valence-corrected chi connectivity index (χ2v) is 9.22. The van der Waals surface area contributed by atoms with Gasteiger partial charge in [0.2, 0.25) is 5.91 Å². The van der Waals surface area contributed by atoms with E-state index < -0.39 is 6.04 Å². The number of nitrogens with zero attached hydrogens (tertiary/aromatic N) is 2. The number of para-hydroxylation sites is 1. The molecule has 0 aliphatic carbocycles. The average molecular weight is 484 g/mol. The van der Waals surface area contributed by atoms with Crippen molar-refractivity contribution >= 4 is 39.9 Å². The van der Waals surface area contributed by atoms with E-state index >= 15 is 0 Å². The van der Waals surface area contributed by atoms with Crippen molar-refractivity contribution in [1.82, 2.24) is 14.9 Å². The molecule has 0 bridgehead atoms. The highest BCUT2D eigenvalue weighted by Gasteiger charge is 2.19. The van der Waals surface area contributed by atoms with E-state index in [2.05, 4.69) is 10.3 Å². The summed E-state index contributed by atoms with van der Waals surface area (Å²) in [6.45, 7) is 0.258. The molecule has 0 aliphatic heterocycles. The number of halogens is 1. The largest absolute Gasteiger partial charge is 0.396 e. The molecule has 0 fully saturated rings. The molecule has 1 unspecified atom stereocenters. The average Bonchev–Trinajstić information content (AvgIpc) is 3.36. The van der Waals surface area contributed by atoms with E-state index in [1.807, 2.05) is 23.6 Å². The molecule has 2 aromatic carbocycles. The third kappa shape index (κ3) is 5.50. The number of carbonyl (C=O) groups excluding carboxylic acids is 1. The van der Waals surface area contributed by atoms with Crippen LogP contribution in [0.5, 0.6) is 0 Å². The summed E-state index contributed by atoms with van der Waals surface area (Å²) < 4.78 is 14.9. The second-order valence-electron chi connectivity index (χ2n) is 7.30. The number of aliphatic hydroxyl groups excluding tert-OH is 1. The zero-order valence-corrected chi connectivity index (χ0v) is 19.2. The van der Waals surface area contributed by atoms with E-state index in [-0.39, 0.29) is 29.6 Å². The Kier molecular flexibility index (Phi) is 7.54. The van der Waals surface area contributed by atoms with Gasteiger partial charge < -0.3 is 10.4 Å². The van der Waals surface area contributed by atoms with Gasteiger partial charge in [-0.25, -0.2) is 9.37 Å². The number of hydrogen-bond donors (Lipinski definition) is 2. The van der Waals surface area contributed by atoms with Crippen molar-refractivity contribution in [2.24, 2.45) is 0 Å². The summed E-state index contributed by atoms with van der Waals surface area (Å²) in [6.07, 6.45) is 0.407. The molecule has 1 amide bonds. The Morgan fingerprint density at radius 2 is 1.94 bits per heavy atom. The van der Waals surface area contributed by atoms with Crippen LogP contribution in [0.1, 0.15) is 22.9 Å². The molecule has 170 valence electrons. The van der Waals surface area contributed by atoms with Crippen LogP contribution in [0.25, 0.3) is 10.9 Å².